The molecule has 1 aliphatic heterocycles. The number of hydrogen-bond acceptors (Lipinski definition) is 6. The molecule has 16 heavy (non-hydrogen) atoms. The SMILES string of the molecule is COC(=O)C1CCCS(=O)(=O)C1C(=O)OC. The molecule has 0 aromatic carbocycles. The summed E-state index contributed by atoms with van der Waals surface area (Å²) in [4.78, 5) is 22.8. The standard InChI is InChI=1S/C9H14O6S/c1-14-8(10)6-4-3-5-16(12,13)7(6)9(11)15-2/h6-7H,3-5H2,1-2H3. The molecule has 0 aliphatic carbocycles. The zero-order valence-corrected chi connectivity index (χ0v) is 9.95. The molecule has 1 saturated heterocycles. The fraction of sp³-hybridized carbons (Fsp3) is 0.778. The van der Waals surface area contributed by atoms with Crippen LogP contribution in [0.2, 0.25) is 0 Å². The Balaban J connectivity index is 3.07. The van der Waals surface area contributed by atoms with Crippen molar-refractivity contribution in [1.82, 2.24) is 0 Å². The Labute approximate surface area is 93.8 Å². The minimum Gasteiger partial charge on any atom is -0.469 e. The van der Waals surface area contributed by atoms with Gasteiger partial charge in [-0.05, 0) is 12.8 Å². The maximum atomic E-state index is 11.7. The second-order valence-corrected chi connectivity index (χ2v) is 5.82. The Bertz CT molecular complexity index is 385. The summed E-state index contributed by atoms with van der Waals surface area (Å²) in [6.07, 6.45) is 0.682. The normalized spacial score (nSPS) is 28.1. The van der Waals surface area contributed by atoms with Crippen molar-refractivity contribution >= 4 is 21.8 Å². The third kappa shape index (κ3) is 2.34. The molecule has 0 amide bonds. The van der Waals surface area contributed by atoms with E-state index in [2.05, 4.69) is 9.47 Å². The van der Waals surface area contributed by atoms with Crippen LogP contribution in [0.15, 0.2) is 0 Å². The molecule has 0 N–H and O–H groups in total. The zero-order chi connectivity index (χ0) is 12.3. The first-order chi connectivity index (χ1) is 7.44. The molecule has 0 bridgehead atoms. The van der Waals surface area contributed by atoms with Gasteiger partial charge in [-0.3, -0.25) is 9.59 Å². The first-order valence-corrected chi connectivity index (χ1v) is 6.53. The second-order valence-electron chi connectivity index (χ2n) is 3.58. The number of sulfone groups is 1. The summed E-state index contributed by atoms with van der Waals surface area (Å²) in [6.45, 7) is 0. The van der Waals surface area contributed by atoms with Gasteiger partial charge in [-0.2, -0.15) is 0 Å². The van der Waals surface area contributed by atoms with E-state index in [1.165, 1.54) is 0 Å². The van der Waals surface area contributed by atoms with Crippen molar-refractivity contribution in [3.8, 4) is 0 Å². The largest absolute Gasteiger partial charge is 0.469 e. The molecule has 2 unspecified atom stereocenters. The van der Waals surface area contributed by atoms with Crippen LogP contribution in [0.3, 0.4) is 0 Å². The number of carbonyl (C=O) groups excluding carboxylic acids is 2. The molecule has 0 aromatic heterocycles. The number of ether oxygens (including phenoxy) is 2. The van der Waals surface area contributed by atoms with Crippen molar-refractivity contribution in [1.29, 1.82) is 0 Å². The summed E-state index contributed by atoms with van der Waals surface area (Å²) in [6, 6.07) is 0. The van der Waals surface area contributed by atoms with E-state index in [-0.39, 0.29) is 5.75 Å². The smallest absolute Gasteiger partial charge is 0.324 e. The van der Waals surface area contributed by atoms with E-state index in [0.29, 0.717) is 12.8 Å². The van der Waals surface area contributed by atoms with Gasteiger partial charge in [0.05, 0.1) is 25.9 Å². The third-order valence-corrected chi connectivity index (χ3v) is 4.79. The maximum Gasteiger partial charge on any atom is 0.324 e. The minimum atomic E-state index is -3.61. The van der Waals surface area contributed by atoms with E-state index in [1.807, 2.05) is 0 Å². The first kappa shape index (κ1) is 13.0. The van der Waals surface area contributed by atoms with E-state index in [0.717, 1.165) is 14.2 Å². The number of esters is 2. The average molecular weight is 250 g/mol. The monoisotopic (exact) mass is 250 g/mol. The molecule has 92 valence electrons. The lowest BCUT2D eigenvalue weighted by Gasteiger charge is -2.27. The van der Waals surface area contributed by atoms with Gasteiger partial charge in [0.25, 0.3) is 0 Å². The van der Waals surface area contributed by atoms with Crippen LogP contribution in [0.4, 0.5) is 0 Å². The van der Waals surface area contributed by atoms with Gasteiger partial charge >= 0.3 is 11.9 Å². The zero-order valence-electron chi connectivity index (χ0n) is 9.13. The minimum absolute atomic E-state index is 0.0970. The topological polar surface area (TPSA) is 86.7 Å². The summed E-state index contributed by atoms with van der Waals surface area (Å²) < 4.78 is 32.3. The molecule has 0 radical (unpaired) electrons. The van der Waals surface area contributed by atoms with Gasteiger partial charge < -0.3 is 9.47 Å². The van der Waals surface area contributed by atoms with Crippen LogP contribution in [0.5, 0.6) is 0 Å². The molecule has 1 heterocycles. The molecule has 0 aromatic rings. The van der Waals surface area contributed by atoms with Crippen LogP contribution in [-0.2, 0) is 28.9 Å². The molecule has 1 rings (SSSR count). The Kier molecular flexibility index (Phi) is 3.90. The van der Waals surface area contributed by atoms with E-state index in [9.17, 15) is 18.0 Å². The van der Waals surface area contributed by atoms with Crippen molar-refractivity contribution in [3.63, 3.8) is 0 Å². The third-order valence-electron chi connectivity index (χ3n) is 2.63. The van der Waals surface area contributed by atoms with Crippen molar-refractivity contribution in [2.24, 2.45) is 5.92 Å². The van der Waals surface area contributed by atoms with Gasteiger partial charge in [-0.1, -0.05) is 0 Å². The predicted octanol–water partition coefficient (Wildman–Crippen LogP) is -0.474. The number of carbonyl (C=O) groups is 2. The van der Waals surface area contributed by atoms with E-state index in [4.69, 9.17) is 0 Å². The van der Waals surface area contributed by atoms with E-state index in [1.54, 1.807) is 0 Å². The quantitative estimate of drug-likeness (QED) is 0.615. The summed E-state index contributed by atoms with van der Waals surface area (Å²) in [7, 11) is -1.35. The summed E-state index contributed by atoms with van der Waals surface area (Å²) in [5.41, 5.74) is 0. The van der Waals surface area contributed by atoms with Crippen LogP contribution in [-0.4, -0.2) is 45.6 Å². The van der Waals surface area contributed by atoms with Crippen LogP contribution >= 0.6 is 0 Å². The average Bonchev–Trinajstić information content (AvgIpc) is 2.25. The summed E-state index contributed by atoms with van der Waals surface area (Å²) in [5, 5.41) is -1.42. The fourth-order valence-corrected chi connectivity index (χ4v) is 3.81. The Morgan fingerprint density at radius 3 is 2.19 bits per heavy atom. The lowest BCUT2D eigenvalue weighted by molar-refractivity contribution is -0.152. The molecular weight excluding hydrogens is 236 g/mol. The maximum absolute atomic E-state index is 11.7. The second kappa shape index (κ2) is 4.82. The molecule has 0 saturated carbocycles. The lowest BCUT2D eigenvalue weighted by atomic mass is 9.99. The van der Waals surface area contributed by atoms with Crippen molar-refractivity contribution in [3.05, 3.63) is 0 Å². The van der Waals surface area contributed by atoms with Gasteiger partial charge in [0, 0.05) is 0 Å². The fourth-order valence-electron chi connectivity index (χ4n) is 1.85. The van der Waals surface area contributed by atoms with Gasteiger partial charge in [-0.15, -0.1) is 0 Å². The van der Waals surface area contributed by atoms with Gasteiger partial charge in [0.2, 0.25) is 0 Å². The molecule has 1 aliphatic rings. The van der Waals surface area contributed by atoms with E-state index >= 15 is 0 Å². The molecule has 0 spiro atoms. The number of methoxy groups -OCH3 is 2. The summed E-state index contributed by atoms with van der Waals surface area (Å²) in [5.74, 6) is -2.62. The highest BCUT2D eigenvalue weighted by molar-refractivity contribution is 7.92. The predicted molar refractivity (Wildman–Crippen MR) is 54.3 cm³/mol. The molecule has 7 heteroatoms. The number of rotatable bonds is 2. The summed E-state index contributed by atoms with van der Waals surface area (Å²) >= 11 is 0. The highest BCUT2D eigenvalue weighted by atomic mass is 32.2. The first-order valence-electron chi connectivity index (χ1n) is 4.81. The van der Waals surface area contributed by atoms with Crippen LogP contribution in [0.1, 0.15) is 12.8 Å². The Morgan fingerprint density at radius 2 is 1.69 bits per heavy atom. The van der Waals surface area contributed by atoms with Gasteiger partial charge in [0.15, 0.2) is 15.1 Å². The van der Waals surface area contributed by atoms with Crippen LogP contribution in [0, 0.1) is 5.92 Å². The molecule has 6 nitrogen and oxygen atoms in total. The Hall–Kier alpha value is -1.11. The van der Waals surface area contributed by atoms with Crippen molar-refractivity contribution in [2.45, 2.75) is 18.1 Å². The van der Waals surface area contributed by atoms with Crippen molar-refractivity contribution in [2.75, 3.05) is 20.0 Å². The van der Waals surface area contributed by atoms with Gasteiger partial charge in [-0.25, -0.2) is 8.42 Å². The highest BCUT2D eigenvalue weighted by Crippen LogP contribution is 2.27. The van der Waals surface area contributed by atoms with Crippen molar-refractivity contribution < 1.29 is 27.5 Å². The van der Waals surface area contributed by atoms with E-state index < -0.39 is 32.9 Å². The Morgan fingerprint density at radius 1 is 1.12 bits per heavy atom. The van der Waals surface area contributed by atoms with Crippen LogP contribution in [0.25, 0.3) is 0 Å². The molecular formula is C9H14O6S. The lowest BCUT2D eigenvalue weighted by Crippen LogP contribution is -2.46. The highest BCUT2D eigenvalue weighted by Gasteiger charge is 2.47. The van der Waals surface area contributed by atoms with Crippen LogP contribution < -0.4 is 0 Å². The molecule has 1 fully saturated rings. The number of hydrogen-bond donors (Lipinski definition) is 0. The molecule has 2 atom stereocenters. The van der Waals surface area contributed by atoms with Gasteiger partial charge in [0.1, 0.15) is 0 Å².